The van der Waals surface area contributed by atoms with Crippen LogP contribution in [0, 0.1) is 0 Å². The molecule has 0 aliphatic carbocycles. The number of hydrogen-bond acceptors (Lipinski definition) is 4. The second-order valence-electron chi connectivity index (χ2n) is 4.38. The smallest absolute Gasteiger partial charge is 0.188 e. The maximum Gasteiger partial charge on any atom is 0.188 e. The van der Waals surface area contributed by atoms with Gasteiger partial charge in [0.1, 0.15) is 0 Å². The maximum atomic E-state index is 6.09. The Morgan fingerprint density at radius 1 is 1.33 bits per heavy atom. The average molecular weight is 266 g/mol. The summed E-state index contributed by atoms with van der Waals surface area (Å²) in [5.41, 5.74) is 0.839. The third kappa shape index (κ3) is 2.86. The molecule has 1 aromatic carbocycles. The molecule has 18 heavy (non-hydrogen) atoms. The van der Waals surface area contributed by atoms with Gasteiger partial charge in [0.05, 0.1) is 19.1 Å². The van der Waals surface area contributed by atoms with E-state index in [0.717, 1.165) is 5.56 Å². The van der Waals surface area contributed by atoms with Crippen molar-refractivity contribution in [3.63, 3.8) is 0 Å². The molecule has 0 radical (unpaired) electrons. The Morgan fingerprint density at radius 3 is 2.61 bits per heavy atom. The summed E-state index contributed by atoms with van der Waals surface area (Å²) >= 11 is 6.09. The van der Waals surface area contributed by atoms with Crippen LogP contribution in [0.4, 0.5) is 0 Å². The summed E-state index contributed by atoms with van der Waals surface area (Å²) in [5.74, 6) is 1.13. The van der Waals surface area contributed by atoms with E-state index in [1.165, 1.54) is 4.80 Å². The van der Waals surface area contributed by atoms with E-state index in [9.17, 15) is 0 Å². The molecular formula is C12H16ClN5. The number of benzene rings is 1. The van der Waals surface area contributed by atoms with E-state index in [4.69, 9.17) is 11.6 Å². The second kappa shape index (κ2) is 5.46. The SMILES string of the molecule is Cn1nnc(CNC(C)(CCl)c2ccccc2)n1. The van der Waals surface area contributed by atoms with Crippen LogP contribution in [0.25, 0.3) is 0 Å². The highest BCUT2D eigenvalue weighted by molar-refractivity contribution is 6.18. The molecule has 1 N–H and O–H groups in total. The first-order chi connectivity index (χ1) is 8.64. The minimum absolute atomic E-state index is 0.304. The summed E-state index contributed by atoms with van der Waals surface area (Å²) in [6.07, 6.45) is 0. The van der Waals surface area contributed by atoms with Crippen molar-refractivity contribution in [1.82, 2.24) is 25.5 Å². The molecule has 0 aliphatic heterocycles. The minimum atomic E-state index is -0.304. The molecule has 0 amide bonds. The number of alkyl halides is 1. The van der Waals surface area contributed by atoms with Crippen molar-refractivity contribution in [1.29, 1.82) is 0 Å². The molecule has 1 aromatic heterocycles. The molecule has 0 spiro atoms. The van der Waals surface area contributed by atoms with Gasteiger partial charge in [-0.2, -0.15) is 4.80 Å². The van der Waals surface area contributed by atoms with Crippen LogP contribution in [0.3, 0.4) is 0 Å². The van der Waals surface area contributed by atoms with Crippen molar-refractivity contribution < 1.29 is 0 Å². The van der Waals surface area contributed by atoms with E-state index in [-0.39, 0.29) is 5.54 Å². The van der Waals surface area contributed by atoms with Crippen molar-refractivity contribution in [2.75, 3.05) is 5.88 Å². The number of aryl methyl sites for hydroxylation is 1. The first kappa shape index (κ1) is 13.0. The molecule has 5 nitrogen and oxygen atoms in total. The van der Waals surface area contributed by atoms with Crippen molar-refractivity contribution >= 4 is 11.6 Å². The van der Waals surface area contributed by atoms with Gasteiger partial charge in [0.15, 0.2) is 5.82 Å². The van der Waals surface area contributed by atoms with Crippen LogP contribution in [0.1, 0.15) is 18.3 Å². The van der Waals surface area contributed by atoms with Crippen LogP contribution in [0.5, 0.6) is 0 Å². The molecule has 1 atom stereocenters. The summed E-state index contributed by atoms with van der Waals surface area (Å²) in [6, 6.07) is 10.1. The van der Waals surface area contributed by atoms with Gasteiger partial charge in [-0.3, -0.25) is 5.32 Å². The van der Waals surface area contributed by atoms with Gasteiger partial charge < -0.3 is 0 Å². The Labute approximate surface area is 111 Å². The monoisotopic (exact) mass is 265 g/mol. The van der Waals surface area contributed by atoms with Crippen LogP contribution in [0.2, 0.25) is 0 Å². The number of nitrogens with zero attached hydrogens (tertiary/aromatic N) is 4. The van der Waals surface area contributed by atoms with E-state index in [1.54, 1.807) is 7.05 Å². The summed E-state index contributed by atoms with van der Waals surface area (Å²) in [4.78, 5) is 1.44. The molecule has 6 heteroatoms. The predicted molar refractivity (Wildman–Crippen MR) is 70.2 cm³/mol. The fourth-order valence-electron chi connectivity index (χ4n) is 1.70. The Kier molecular flexibility index (Phi) is 3.93. The predicted octanol–water partition coefficient (Wildman–Crippen LogP) is 1.45. The van der Waals surface area contributed by atoms with Crippen molar-refractivity contribution in [2.45, 2.75) is 19.0 Å². The van der Waals surface area contributed by atoms with Crippen LogP contribution < -0.4 is 5.32 Å². The number of aromatic nitrogens is 4. The van der Waals surface area contributed by atoms with Crippen LogP contribution in [-0.4, -0.2) is 26.1 Å². The fourth-order valence-corrected chi connectivity index (χ4v) is 1.95. The first-order valence-corrected chi connectivity index (χ1v) is 6.27. The zero-order chi connectivity index (χ0) is 13.0. The first-order valence-electron chi connectivity index (χ1n) is 5.73. The van der Waals surface area contributed by atoms with Crippen LogP contribution >= 0.6 is 11.6 Å². The lowest BCUT2D eigenvalue weighted by Crippen LogP contribution is -2.41. The quantitative estimate of drug-likeness (QED) is 0.832. The number of hydrogen-bond donors (Lipinski definition) is 1. The Bertz CT molecular complexity index is 498. The molecule has 1 heterocycles. The van der Waals surface area contributed by atoms with Gasteiger partial charge in [0, 0.05) is 5.88 Å². The van der Waals surface area contributed by atoms with Crippen LogP contribution in [-0.2, 0) is 19.1 Å². The van der Waals surface area contributed by atoms with Gasteiger partial charge in [-0.1, -0.05) is 30.3 Å². The summed E-state index contributed by atoms with van der Waals surface area (Å²) in [7, 11) is 1.74. The lowest BCUT2D eigenvalue weighted by atomic mass is 9.94. The third-order valence-electron chi connectivity index (χ3n) is 2.86. The lowest BCUT2D eigenvalue weighted by Gasteiger charge is -2.28. The summed E-state index contributed by atoms with van der Waals surface area (Å²) in [6.45, 7) is 2.59. The average Bonchev–Trinajstić information content (AvgIpc) is 2.83. The van der Waals surface area contributed by atoms with E-state index in [1.807, 2.05) is 18.2 Å². The van der Waals surface area contributed by atoms with Gasteiger partial charge in [0.2, 0.25) is 0 Å². The molecule has 0 fully saturated rings. The number of tetrazole rings is 1. The van der Waals surface area contributed by atoms with E-state index in [0.29, 0.717) is 18.2 Å². The van der Waals surface area contributed by atoms with Gasteiger partial charge in [-0.15, -0.1) is 21.8 Å². The largest absolute Gasteiger partial charge is 0.299 e. The van der Waals surface area contributed by atoms with Gasteiger partial charge in [0.25, 0.3) is 0 Å². The highest BCUT2D eigenvalue weighted by Gasteiger charge is 2.25. The Balaban J connectivity index is 2.09. The number of halogens is 1. The standard InChI is InChI=1S/C12H16ClN5/c1-12(9-13,10-6-4-3-5-7-10)14-8-11-15-17-18(2)16-11/h3-7,14H,8-9H2,1-2H3. The summed E-state index contributed by atoms with van der Waals surface area (Å²) in [5, 5.41) is 15.3. The van der Waals surface area contributed by atoms with E-state index < -0.39 is 0 Å². The zero-order valence-electron chi connectivity index (χ0n) is 10.5. The molecule has 0 saturated heterocycles. The van der Waals surface area contributed by atoms with Gasteiger partial charge in [-0.05, 0) is 17.7 Å². The minimum Gasteiger partial charge on any atom is -0.299 e. The van der Waals surface area contributed by atoms with Crippen molar-refractivity contribution in [3.05, 3.63) is 41.7 Å². The highest BCUT2D eigenvalue weighted by Crippen LogP contribution is 2.22. The molecule has 1 unspecified atom stereocenters. The van der Waals surface area contributed by atoms with Crippen molar-refractivity contribution in [3.8, 4) is 0 Å². The van der Waals surface area contributed by atoms with Gasteiger partial charge in [-0.25, -0.2) is 0 Å². The molecular weight excluding hydrogens is 250 g/mol. The number of rotatable bonds is 5. The summed E-state index contributed by atoms with van der Waals surface area (Å²) < 4.78 is 0. The normalized spacial score (nSPS) is 14.4. The molecule has 2 aromatic rings. The van der Waals surface area contributed by atoms with E-state index >= 15 is 0 Å². The number of nitrogens with one attached hydrogen (secondary N) is 1. The molecule has 0 aliphatic rings. The molecule has 0 bridgehead atoms. The molecule has 0 saturated carbocycles. The van der Waals surface area contributed by atoms with Gasteiger partial charge >= 0.3 is 0 Å². The maximum absolute atomic E-state index is 6.09. The third-order valence-corrected chi connectivity index (χ3v) is 3.40. The Hall–Kier alpha value is -1.46. The lowest BCUT2D eigenvalue weighted by molar-refractivity contribution is 0.400. The second-order valence-corrected chi connectivity index (χ2v) is 4.65. The Morgan fingerprint density at radius 2 is 2.06 bits per heavy atom. The fraction of sp³-hybridized carbons (Fsp3) is 0.417. The van der Waals surface area contributed by atoms with E-state index in [2.05, 4.69) is 39.8 Å². The molecule has 2 rings (SSSR count). The van der Waals surface area contributed by atoms with Crippen LogP contribution in [0.15, 0.2) is 30.3 Å². The highest BCUT2D eigenvalue weighted by atomic mass is 35.5. The van der Waals surface area contributed by atoms with Crippen molar-refractivity contribution in [2.24, 2.45) is 7.05 Å². The zero-order valence-corrected chi connectivity index (χ0v) is 11.2. The molecule has 96 valence electrons. The topological polar surface area (TPSA) is 55.6 Å².